The highest BCUT2D eigenvalue weighted by Crippen LogP contribution is 2.26. The zero-order chi connectivity index (χ0) is 18.4. The standard InChI is InChI=1S/C21H25IN2O2/c1-26-17-11-9-16(10-12-17)20(24-13-5-2-6-14-24)15-23-21(25)18-7-3-4-8-19(18)22/h3-4,7-12,20H,2,5-6,13-15H2,1H3,(H,23,25)/t20-/m0/s1. The molecule has 5 heteroatoms. The molecule has 1 heterocycles. The summed E-state index contributed by atoms with van der Waals surface area (Å²) in [4.78, 5) is 15.1. The van der Waals surface area contributed by atoms with Gasteiger partial charge in [-0.3, -0.25) is 9.69 Å². The van der Waals surface area contributed by atoms with Gasteiger partial charge >= 0.3 is 0 Å². The lowest BCUT2D eigenvalue weighted by atomic mass is 10.0. The quantitative estimate of drug-likeness (QED) is 0.650. The molecule has 4 nitrogen and oxygen atoms in total. The van der Waals surface area contributed by atoms with Gasteiger partial charge in [-0.05, 0) is 78.4 Å². The molecule has 0 aromatic heterocycles. The molecule has 1 saturated heterocycles. The van der Waals surface area contributed by atoms with E-state index in [0.29, 0.717) is 6.54 Å². The first-order valence-corrected chi connectivity index (χ1v) is 10.2. The highest BCUT2D eigenvalue weighted by atomic mass is 127. The number of halogens is 1. The molecule has 0 unspecified atom stereocenters. The van der Waals surface area contributed by atoms with Crippen molar-refractivity contribution in [3.63, 3.8) is 0 Å². The fourth-order valence-electron chi connectivity index (χ4n) is 3.44. The van der Waals surface area contributed by atoms with Crippen LogP contribution >= 0.6 is 22.6 Å². The van der Waals surface area contributed by atoms with E-state index in [-0.39, 0.29) is 11.9 Å². The molecule has 1 aliphatic heterocycles. The molecule has 2 aromatic carbocycles. The van der Waals surface area contributed by atoms with Gasteiger partial charge in [-0.15, -0.1) is 0 Å². The van der Waals surface area contributed by atoms with Crippen molar-refractivity contribution >= 4 is 28.5 Å². The summed E-state index contributed by atoms with van der Waals surface area (Å²) in [6.07, 6.45) is 3.73. The minimum atomic E-state index is -0.00878. The van der Waals surface area contributed by atoms with E-state index in [0.717, 1.165) is 28.0 Å². The molecule has 138 valence electrons. The molecule has 2 aromatic rings. The number of likely N-dealkylation sites (tertiary alicyclic amines) is 1. The smallest absolute Gasteiger partial charge is 0.252 e. The van der Waals surface area contributed by atoms with Gasteiger partial charge in [0.1, 0.15) is 5.75 Å². The maximum atomic E-state index is 12.6. The van der Waals surface area contributed by atoms with E-state index >= 15 is 0 Å². The molecule has 0 spiro atoms. The summed E-state index contributed by atoms with van der Waals surface area (Å²) in [5.41, 5.74) is 1.95. The third-order valence-electron chi connectivity index (χ3n) is 4.91. The maximum Gasteiger partial charge on any atom is 0.252 e. The molecule has 1 fully saturated rings. The van der Waals surface area contributed by atoms with E-state index in [1.54, 1.807) is 7.11 Å². The molecule has 3 rings (SSSR count). The molecular weight excluding hydrogens is 439 g/mol. The Morgan fingerprint density at radius 3 is 2.46 bits per heavy atom. The van der Waals surface area contributed by atoms with E-state index in [2.05, 4.69) is 44.9 Å². The highest BCUT2D eigenvalue weighted by Gasteiger charge is 2.23. The predicted molar refractivity (Wildman–Crippen MR) is 113 cm³/mol. The third-order valence-corrected chi connectivity index (χ3v) is 5.85. The predicted octanol–water partition coefficient (Wildman–Crippen LogP) is 4.26. The van der Waals surface area contributed by atoms with Crippen LogP contribution in [0.2, 0.25) is 0 Å². The first-order valence-electron chi connectivity index (χ1n) is 9.10. The Kier molecular flexibility index (Phi) is 6.91. The average Bonchev–Trinajstić information content (AvgIpc) is 2.69. The summed E-state index contributed by atoms with van der Waals surface area (Å²) in [5.74, 6) is 0.847. The van der Waals surface area contributed by atoms with Crippen LogP contribution < -0.4 is 10.1 Å². The number of amides is 1. The number of hydrogen-bond acceptors (Lipinski definition) is 3. The number of nitrogens with zero attached hydrogens (tertiary/aromatic N) is 1. The normalized spacial score (nSPS) is 16.1. The molecule has 0 saturated carbocycles. The lowest BCUT2D eigenvalue weighted by Gasteiger charge is -2.35. The summed E-state index contributed by atoms with van der Waals surface area (Å²) < 4.78 is 6.25. The lowest BCUT2D eigenvalue weighted by Crippen LogP contribution is -2.40. The van der Waals surface area contributed by atoms with Crippen molar-refractivity contribution < 1.29 is 9.53 Å². The Morgan fingerprint density at radius 2 is 1.81 bits per heavy atom. The largest absolute Gasteiger partial charge is 0.497 e. The van der Waals surface area contributed by atoms with E-state index in [4.69, 9.17) is 4.74 Å². The number of methoxy groups -OCH3 is 1. The molecule has 26 heavy (non-hydrogen) atoms. The second kappa shape index (κ2) is 9.37. The number of rotatable bonds is 6. The number of carbonyl (C=O) groups is 1. The summed E-state index contributed by atoms with van der Waals surface area (Å²) in [7, 11) is 1.68. The number of piperidine rings is 1. The summed E-state index contributed by atoms with van der Waals surface area (Å²) >= 11 is 2.21. The van der Waals surface area contributed by atoms with E-state index in [9.17, 15) is 4.79 Å². The molecule has 0 aliphatic carbocycles. The van der Waals surface area contributed by atoms with Crippen LogP contribution in [0.5, 0.6) is 5.75 Å². The Balaban J connectivity index is 1.74. The second-order valence-electron chi connectivity index (χ2n) is 6.58. The Hall–Kier alpha value is -1.60. The zero-order valence-electron chi connectivity index (χ0n) is 15.1. The van der Waals surface area contributed by atoms with Crippen molar-refractivity contribution in [2.75, 3.05) is 26.7 Å². The number of nitrogens with one attached hydrogen (secondary N) is 1. The van der Waals surface area contributed by atoms with Crippen molar-refractivity contribution in [2.45, 2.75) is 25.3 Å². The van der Waals surface area contributed by atoms with Gasteiger partial charge in [0.25, 0.3) is 5.91 Å². The Morgan fingerprint density at radius 1 is 1.12 bits per heavy atom. The van der Waals surface area contributed by atoms with Crippen LogP contribution in [0.15, 0.2) is 48.5 Å². The third kappa shape index (κ3) is 4.76. The van der Waals surface area contributed by atoms with Crippen LogP contribution in [0.25, 0.3) is 0 Å². The second-order valence-corrected chi connectivity index (χ2v) is 7.74. The van der Waals surface area contributed by atoms with E-state index in [1.165, 1.54) is 24.8 Å². The lowest BCUT2D eigenvalue weighted by molar-refractivity contribution is 0.0923. The van der Waals surface area contributed by atoms with Crippen molar-refractivity contribution in [2.24, 2.45) is 0 Å². The van der Waals surface area contributed by atoms with Crippen LogP contribution in [-0.2, 0) is 0 Å². The minimum absolute atomic E-state index is 0.00878. The zero-order valence-corrected chi connectivity index (χ0v) is 17.2. The van der Waals surface area contributed by atoms with Crippen LogP contribution in [0.1, 0.15) is 41.2 Å². The number of benzene rings is 2. The van der Waals surface area contributed by atoms with Crippen molar-refractivity contribution in [1.82, 2.24) is 10.2 Å². The molecule has 1 atom stereocenters. The van der Waals surface area contributed by atoms with Crippen molar-refractivity contribution in [3.8, 4) is 5.75 Å². The van der Waals surface area contributed by atoms with Gasteiger partial charge in [-0.1, -0.05) is 30.7 Å². The molecule has 0 radical (unpaired) electrons. The number of ether oxygens (including phenoxy) is 1. The summed E-state index contributed by atoms with van der Waals surface area (Å²) in [6, 6.07) is 16.1. The van der Waals surface area contributed by atoms with Crippen LogP contribution in [0, 0.1) is 3.57 Å². The average molecular weight is 464 g/mol. The van der Waals surface area contributed by atoms with Gasteiger partial charge in [0.15, 0.2) is 0 Å². The van der Waals surface area contributed by atoms with Gasteiger partial charge in [0.2, 0.25) is 0 Å². The molecule has 1 N–H and O–H groups in total. The monoisotopic (exact) mass is 464 g/mol. The maximum absolute atomic E-state index is 12.6. The number of carbonyl (C=O) groups excluding carboxylic acids is 1. The molecule has 1 aliphatic rings. The van der Waals surface area contributed by atoms with Crippen LogP contribution in [0.3, 0.4) is 0 Å². The Labute approximate surface area is 169 Å². The first kappa shape index (κ1) is 19.2. The fraction of sp³-hybridized carbons (Fsp3) is 0.381. The SMILES string of the molecule is COc1ccc([C@H](CNC(=O)c2ccccc2I)N2CCCCC2)cc1. The van der Waals surface area contributed by atoms with Gasteiger partial charge < -0.3 is 10.1 Å². The van der Waals surface area contributed by atoms with E-state index < -0.39 is 0 Å². The van der Waals surface area contributed by atoms with Crippen LogP contribution in [0.4, 0.5) is 0 Å². The van der Waals surface area contributed by atoms with Gasteiger partial charge in [-0.2, -0.15) is 0 Å². The van der Waals surface area contributed by atoms with Crippen molar-refractivity contribution in [3.05, 3.63) is 63.2 Å². The minimum Gasteiger partial charge on any atom is -0.497 e. The molecular formula is C21H25IN2O2. The van der Waals surface area contributed by atoms with Gasteiger partial charge in [-0.25, -0.2) is 0 Å². The molecule has 1 amide bonds. The molecule has 0 bridgehead atoms. The van der Waals surface area contributed by atoms with Gasteiger partial charge in [0, 0.05) is 10.1 Å². The Bertz CT molecular complexity index is 727. The topological polar surface area (TPSA) is 41.6 Å². The first-order chi connectivity index (χ1) is 12.7. The van der Waals surface area contributed by atoms with Crippen molar-refractivity contribution in [1.29, 1.82) is 0 Å². The number of hydrogen-bond donors (Lipinski definition) is 1. The van der Waals surface area contributed by atoms with Gasteiger partial charge in [0.05, 0.1) is 18.7 Å². The summed E-state index contributed by atoms with van der Waals surface area (Å²) in [6.45, 7) is 2.76. The fourth-order valence-corrected chi connectivity index (χ4v) is 4.08. The van der Waals surface area contributed by atoms with Crippen LogP contribution in [-0.4, -0.2) is 37.6 Å². The summed E-state index contributed by atoms with van der Waals surface area (Å²) in [5, 5.41) is 3.15. The van der Waals surface area contributed by atoms with E-state index in [1.807, 2.05) is 36.4 Å². The highest BCUT2D eigenvalue weighted by molar-refractivity contribution is 14.1.